The van der Waals surface area contributed by atoms with Gasteiger partial charge in [0.1, 0.15) is 0 Å². The highest BCUT2D eigenvalue weighted by atomic mass is 35.5. The predicted molar refractivity (Wildman–Crippen MR) is 85.6 cm³/mol. The Kier molecular flexibility index (Phi) is 4.49. The summed E-state index contributed by atoms with van der Waals surface area (Å²) in [6.45, 7) is 1.03. The molecule has 1 unspecified atom stereocenters. The van der Waals surface area contributed by atoms with Crippen molar-refractivity contribution in [2.24, 2.45) is 0 Å². The van der Waals surface area contributed by atoms with Crippen molar-refractivity contribution in [3.05, 3.63) is 51.2 Å². The molecule has 3 rings (SSSR count). The van der Waals surface area contributed by atoms with Gasteiger partial charge in [-0.3, -0.25) is 0 Å². The Morgan fingerprint density at radius 3 is 3.11 bits per heavy atom. The lowest BCUT2D eigenvalue weighted by Crippen LogP contribution is -2.26. The highest BCUT2D eigenvalue weighted by Crippen LogP contribution is 2.37. The third-order valence-electron chi connectivity index (χ3n) is 3.40. The molecule has 1 aromatic heterocycles. The van der Waals surface area contributed by atoms with E-state index in [2.05, 4.69) is 34.3 Å². The standard InChI is InChI=1S/C15H16ClNS2/c16-12-1-2-15-13(9-12)14(5-8-19-15)17-6-3-11-4-7-18-10-11/h1-2,4,7,9-10,14,17H,3,5-6,8H2. The van der Waals surface area contributed by atoms with Crippen molar-refractivity contribution in [3.8, 4) is 0 Å². The van der Waals surface area contributed by atoms with Crippen molar-refractivity contribution in [2.75, 3.05) is 12.3 Å². The van der Waals surface area contributed by atoms with E-state index in [0.29, 0.717) is 6.04 Å². The molecule has 4 heteroatoms. The molecule has 0 spiro atoms. The molecule has 1 nitrogen and oxygen atoms in total. The minimum atomic E-state index is 0.452. The summed E-state index contributed by atoms with van der Waals surface area (Å²) in [5, 5.41) is 8.88. The minimum absolute atomic E-state index is 0.452. The summed E-state index contributed by atoms with van der Waals surface area (Å²) in [4.78, 5) is 1.38. The number of nitrogens with one attached hydrogen (secondary N) is 1. The van der Waals surface area contributed by atoms with Crippen molar-refractivity contribution >= 4 is 34.7 Å². The fraction of sp³-hybridized carbons (Fsp3) is 0.333. The number of benzene rings is 1. The molecule has 0 amide bonds. The summed E-state index contributed by atoms with van der Waals surface area (Å²) in [5.41, 5.74) is 2.79. The van der Waals surface area contributed by atoms with E-state index in [1.165, 1.54) is 28.2 Å². The Labute approximate surface area is 127 Å². The molecule has 100 valence electrons. The lowest BCUT2D eigenvalue weighted by Gasteiger charge is -2.26. The van der Waals surface area contributed by atoms with Gasteiger partial charge < -0.3 is 5.32 Å². The second-order valence-electron chi connectivity index (χ2n) is 4.71. The van der Waals surface area contributed by atoms with Gasteiger partial charge in [-0.05, 0) is 71.3 Å². The molecule has 0 radical (unpaired) electrons. The number of fused-ring (bicyclic) bond motifs is 1. The molecule has 0 fully saturated rings. The zero-order valence-corrected chi connectivity index (χ0v) is 13.0. The summed E-state index contributed by atoms with van der Waals surface area (Å²) in [6, 6.07) is 8.91. The summed E-state index contributed by atoms with van der Waals surface area (Å²) >= 11 is 9.82. The van der Waals surface area contributed by atoms with E-state index in [1.54, 1.807) is 11.3 Å². The first-order valence-corrected chi connectivity index (χ1v) is 8.80. The smallest absolute Gasteiger partial charge is 0.0410 e. The van der Waals surface area contributed by atoms with Gasteiger partial charge >= 0.3 is 0 Å². The molecule has 1 aliphatic rings. The maximum Gasteiger partial charge on any atom is 0.0410 e. The first-order chi connectivity index (χ1) is 9.33. The Hall–Kier alpha value is -0.480. The average molecular weight is 310 g/mol. The predicted octanol–water partition coefficient (Wildman–Crippen LogP) is 4.77. The number of hydrogen-bond donors (Lipinski definition) is 1. The molecular formula is C15H16ClNS2. The van der Waals surface area contributed by atoms with Crippen LogP contribution < -0.4 is 5.32 Å². The van der Waals surface area contributed by atoms with Crippen LogP contribution in [0.2, 0.25) is 5.02 Å². The zero-order chi connectivity index (χ0) is 13.1. The van der Waals surface area contributed by atoms with Crippen LogP contribution in [0.25, 0.3) is 0 Å². The lowest BCUT2D eigenvalue weighted by atomic mass is 10.0. The summed E-state index contributed by atoms with van der Waals surface area (Å²) in [6.07, 6.45) is 2.28. The second-order valence-corrected chi connectivity index (χ2v) is 7.06. The van der Waals surface area contributed by atoms with Gasteiger partial charge in [-0.25, -0.2) is 0 Å². The van der Waals surface area contributed by atoms with Crippen LogP contribution in [0, 0.1) is 0 Å². The Morgan fingerprint density at radius 2 is 2.26 bits per heavy atom. The van der Waals surface area contributed by atoms with Crippen LogP contribution in [0.3, 0.4) is 0 Å². The van der Waals surface area contributed by atoms with Crippen LogP contribution >= 0.6 is 34.7 Å². The van der Waals surface area contributed by atoms with Gasteiger partial charge in [-0.15, -0.1) is 11.8 Å². The first-order valence-electron chi connectivity index (χ1n) is 6.49. The van der Waals surface area contributed by atoms with E-state index >= 15 is 0 Å². The number of rotatable bonds is 4. The molecule has 1 N–H and O–H groups in total. The van der Waals surface area contributed by atoms with E-state index in [4.69, 9.17) is 11.6 Å². The zero-order valence-electron chi connectivity index (χ0n) is 10.6. The topological polar surface area (TPSA) is 12.0 Å². The number of halogens is 1. The third-order valence-corrected chi connectivity index (χ3v) is 5.49. The molecule has 2 heterocycles. The van der Waals surface area contributed by atoms with Crippen molar-refractivity contribution in [1.29, 1.82) is 0 Å². The molecule has 1 aliphatic heterocycles. The molecule has 1 aromatic carbocycles. The quantitative estimate of drug-likeness (QED) is 0.873. The van der Waals surface area contributed by atoms with E-state index < -0.39 is 0 Å². The first kappa shape index (κ1) is 13.5. The normalized spacial score (nSPS) is 18.3. The maximum atomic E-state index is 6.12. The summed E-state index contributed by atoms with van der Waals surface area (Å²) < 4.78 is 0. The van der Waals surface area contributed by atoms with Crippen molar-refractivity contribution in [1.82, 2.24) is 5.32 Å². The Bertz CT molecular complexity index is 539. The average Bonchev–Trinajstić information content (AvgIpc) is 2.92. The van der Waals surface area contributed by atoms with Crippen LogP contribution in [-0.2, 0) is 6.42 Å². The van der Waals surface area contributed by atoms with E-state index in [1.807, 2.05) is 17.8 Å². The van der Waals surface area contributed by atoms with Crippen molar-refractivity contribution in [2.45, 2.75) is 23.8 Å². The minimum Gasteiger partial charge on any atom is -0.310 e. The molecular weight excluding hydrogens is 294 g/mol. The molecule has 1 atom stereocenters. The number of thiophene rings is 1. The fourth-order valence-corrected chi connectivity index (χ4v) is 4.39. The highest BCUT2D eigenvalue weighted by Gasteiger charge is 2.20. The molecule has 19 heavy (non-hydrogen) atoms. The van der Waals surface area contributed by atoms with Crippen LogP contribution in [0.4, 0.5) is 0 Å². The highest BCUT2D eigenvalue weighted by molar-refractivity contribution is 7.99. The van der Waals surface area contributed by atoms with Gasteiger partial charge in [0.05, 0.1) is 0 Å². The second kappa shape index (κ2) is 6.31. The van der Waals surface area contributed by atoms with Crippen molar-refractivity contribution < 1.29 is 0 Å². The SMILES string of the molecule is Clc1ccc2c(c1)C(NCCc1ccsc1)CCS2. The van der Waals surface area contributed by atoms with Crippen molar-refractivity contribution in [3.63, 3.8) is 0 Å². The number of thioether (sulfide) groups is 1. The Balaban J connectivity index is 1.64. The van der Waals surface area contributed by atoms with Gasteiger partial charge in [0.25, 0.3) is 0 Å². The van der Waals surface area contributed by atoms with E-state index in [0.717, 1.165) is 18.0 Å². The molecule has 2 aromatic rings. The molecule has 0 bridgehead atoms. The fourth-order valence-electron chi connectivity index (χ4n) is 2.40. The van der Waals surface area contributed by atoms with E-state index in [9.17, 15) is 0 Å². The molecule has 0 saturated carbocycles. The van der Waals surface area contributed by atoms with Crippen LogP contribution in [-0.4, -0.2) is 12.3 Å². The van der Waals surface area contributed by atoms with Crippen LogP contribution in [0.1, 0.15) is 23.6 Å². The van der Waals surface area contributed by atoms with Gasteiger partial charge in [-0.1, -0.05) is 11.6 Å². The molecule has 0 aliphatic carbocycles. The summed E-state index contributed by atoms with van der Waals surface area (Å²) in [5.74, 6) is 1.19. The van der Waals surface area contributed by atoms with Crippen LogP contribution in [0.15, 0.2) is 39.9 Å². The van der Waals surface area contributed by atoms with Crippen LogP contribution in [0.5, 0.6) is 0 Å². The molecule has 0 saturated heterocycles. The maximum absolute atomic E-state index is 6.12. The largest absolute Gasteiger partial charge is 0.310 e. The van der Waals surface area contributed by atoms with Gasteiger partial charge in [0.2, 0.25) is 0 Å². The lowest BCUT2D eigenvalue weighted by molar-refractivity contribution is 0.514. The van der Waals surface area contributed by atoms with E-state index in [-0.39, 0.29) is 0 Å². The third kappa shape index (κ3) is 3.34. The monoisotopic (exact) mass is 309 g/mol. The summed E-state index contributed by atoms with van der Waals surface area (Å²) in [7, 11) is 0. The van der Waals surface area contributed by atoms with Gasteiger partial charge in [0.15, 0.2) is 0 Å². The Morgan fingerprint density at radius 1 is 1.32 bits per heavy atom. The van der Waals surface area contributed by atoms with Gasteiger partial charge in [-0.2, -0.15) is 11.3 Å². The van der Waals surface area contributed by atoms with Gasteiger partial charge in [0, 0.05) is 16.0 Å². The number of hydrogen-bond acceptors (Lipinski definition) is 3.